The van der Waals surface area contributed by atoms with Gasteiger partial charge in [0, 0.05) is 12.6 Å². The number of carbonyl (C=O) groups excluding carboxylic acids is 1. The number of aryl methyl sites for hydroxylation is 2. The van der Waals surface area contributed by atoms with Crippen LogP contribution in [0.4, 0.5) is 5.69 Å². The summed E-state index contributed by atoms with van der Waals surface area (Å²) in [6.07, 6.45) is 4.12. The third-order valence-corrected chi connectivity index (χ3v) is 5.17. The number of carbonyl (C=O) groups is 1. The predicted octanol–water partition coefficient (Wildman–Crippen LogP) is 2.42. The van der Waals surface area contributed by atoms with Crippen LogP contribution in [0.25, 0.3) is 6.08 Å². The fraction of sp³-hybridized carbons (Fsp3) is 0.235. The molecular formula is C17H18N2O4S. The lowest BCUT2D eigenvalue weighted by atomic mass is 10.0. The van der Waals surface area contributed by atoms with Crippen LogP contribution in [-0.2, 0) is 21.4 Å². The third kappa shape index (κ3) is 3.51. The summed E-state index contributed by atoms with van der Waals surface area (Å²) in [4.78, 5) is 11.9. The van der Waals surface area contributed by atoms with Crippen LogP contribution in [0.5, 0.6) is 0 Å². The quantitative estimate of drug-likeness (QED) is 0.862. The summed E-state index contributed by atoms with van der Waals surface area (Å²) in [7, 11) is -3.94. The Kier molecular flexibility index (Phi) is 4.44. The Morgan fingerprint density at radius 2 is 2.04 bits per heavy atom. The van der Waals surface area contributed by atoms with Gasteiger partial charge in [0.2, 0.25) is 0 Å². The van der Waals surface area contributed by atoms with Crippen LogP contribution in [0.3, 0.4) is 0 Å². The van der Waals surface area contributed by atoms with Crippen LogP contribution in [0.15, 0.2) is 46.9 Å². The number of hydrogen-bond acceptors (Lipinski definition) is 4. The lowest BCUT2D eigenvalue weighted by Crippen LogP contribution is -2.45. The number of fused-ring (bicyclic) bond motifs is 1. The molecule has 1 aliphatic rings. The van der Waals surface area contributed by atoms with Crippen molar-refractivity contribution in [2.24, 2.45) is 0 Å². The van der Waals surface area contributed by atoms with E-state index in [1.165, 1.54) is 10.4 Å². The number of amides is 1. The molecule has 7 heteroatoms. The molecule has 0 radical (unpaired) electrons. The normalized spacial score (nSPS) is 14.6. The second kappa shape index (κ2) is 6.52. The summed E-state index contributed by atoms with van der Waals surface area (Å²) >= 11 is 0. The molecule has 0 saturated heterocycles. The van der Waals surface area contributed by atoms with Crippen LogP contribution in [0.2, 0.25) is 0 Å². The van der Waals surface area contributed by atoms with E-state index in [1.807, 2.05) is 12.1 Å². The molecule has 126 valence electrons. The van der Waals surface area contributed by atoms with Crippen LogP contribution < -0.4 is 9.03 Å². The van der Waals surface area contributed by atoms with Gasteiger partial charge in [0.15, 0.2) is 0 Å². The lowest BCUT2D eigenvalue weighted by molar-refractivity contribution is -0.114. The number of anilines is 1. The van der Waals surface area contributed by atoms with Gasteiger partial charge in [-0.1, -0.05) is 18.2 Å². The van der Waals surface area contributed by atoms with Crippen LogP contribution in [-0.4, -0.2) is 20.9 Å². The molecule has 2 heterocycles. The summed E-state index contributed by atoms with van der Waals surface area (Å²) in [5, 5.41) is 0. The first-order chi connectivity index (χ1) is 11.5. The number of nitrogens with zero attached hydrogens (tertiary/aromatic N) is 1. The molecule has 0 saturated carbocycles. The predicted molar refractivity (Wildman–Crippen MR) is 91.7 cm³/mol. The molecule has 1 aromatic carbocycles. The molecule has 24 heavy (non-hydrogen) atoms. The molecule has 0 aliphatic carbocycles. The minimum Gasteiger partial charge on any atom is -0.462 e. The summed E-state index contributed by atoms with van der Waals surface area (Å²) in [6, 6.07) is 10.8. The van der Waals surface area contributed by atoms with Gasteiger partial charge < -0.3 is 4.42 Å². The first kappa shape index (κ1) is 16.3. The largest absolute Gasteiger partial charge is 0.462 e. The highest BCUT2D eigenvalue weighted by Gasteiger charge is 2.28. The van der Waals surface area contributed by atoms with Gasteiger partial charge in [-0.05, 0) is 49.6 Å². The van der Waals surface area contributed by atoms with Gasteiger partial charge in [0.25, 0.3) is 5.91 Å². The second-order valence-corrected chi connectivity index (χ2v) is 7.15. The first-order valence-corrected chi connectivity index (χ1v) is 9.06. The molecule has 3 rings (SSSR count). The van der Waals surface area contributed by atoms with Gasteiger partial charge in [0.1, 0.15) is 11.5 Å². The van der Waals surface area contributed by atoms with Gasteiger partial charge in [-0.25, -0.2) is 4.72 Å². The number of furan rings is 1. The molecule has 1 amide bonds. The van der Waals surface area contributed by atoms with Gasteiger partial charge in [0.05, 0.1) is 5.69 Å². The van der Waals surface area contributed by atoms with Crippen LogP contribution in [0.1, 0.15) is 23.5 Å². The minimum absolute atomic E-state index is 0.348. The van der Waals surface area contributed by atoms with Crippen molar-refractivity contribution in [1.29, 1.82) is 0 Å². The Morgan fingerprint density at radius 3 is 2.79 bits per heavy atom. The van der Waals surface area contributed by atoms with Gasteiger partial charge in [-0.2, -0.15) is 8.42 Å². The molecule has 6 nitrogen and oxygen atoms in total. The Labute approximate surface area is 141 Å². The Hall–Kier alpha value is -2.54. The van der Waals surface area contributed by atoms with Crippen molar-refractivity contribution in [1.82, 2.24) is 4.72 Å². The highest BCUT2D eigenvalue weighted by atomic mass is 32.2. The van der Waals surface area contributed by atoms with Crippen molar-refractivity contribution in [2.75, 3.05) is 10.8 Å². The van der Waals surface area contributed by atoms with E-state index in [-0.39, 0.29) is 0 Å². The molecular weight excluding hydrogens is 328 g/mol. The average molecular weight is 346 g/mol. The highest BCUT2D eigenvalue weighted by Crippen LogP contribution is 2.28. The van der Waals surface area contributed by atoms with E-state index in [4.69, 9.17) is 4.42 Å². The molecule has 0 fully saturated rings. The molecule has 1 N–H and O–H groups in total. The number of para-hydroxylation sites is 1. The Balaban J connectivity index is 1.75. The summed E-state index contributed by atoms with van der Waals surface area (Å²) in [5.41, 5.74) is 1.58. The molecule has 1 aromatic heterocycles. The zero-order valence-electron chi connectivity index (χ0n) is 13.2. The number of benzene rings is 1. The summed E-state index contributed by atoms with van der Waals surface area (Å²) in [5.74, 6) is 0.489. The van der Waals surface area contributed by atoms with Crippen LogP contribution >= 0.6 is 0 Å². The molecule has 0 spiro atoms. The van der Waals surface area contributed by atoms with E-state index in [1.54, 1.807) is 31.2 Å². The van der Waals surface area contributed by atoms with E-state index >= 15 is 0 Å². The standard InChI is InChI=1S/C17H18N2O4S/c1-13-8-9-15(23-13)10-11-17(20)18-24(21,22)19-12-4-6-14-5-2-3-7-16(14)19/h2-3,5,7-11H,4,6,12H2,1H3,(H,18,20)/b11-10+. The smallest absolute Gasteiger partial charge is 0.326 e. The van der Waals surface area contributed by atoms with Crippen molar-refractivity contribution in [3.05, 3.63) is 59.6 Å². The van der Waals surface area contributed by atoms with Crippen molar-refractivity contribution < 1.29 is 17.6 Å². The SMILES string of the molecule is Cc1ccc(/C=C/C(=O)NS(=O)(=O)N2CCCc3ccccc32)o1. The van der Waals surface area contributed by atoms with E-state index in [0.717, 1.165) is 18.1 Å². The van der Waals surface area contributed by atoms with Crippen LogP contribution in [0, 0.1) is 6.92 Å². The van der Waals surface area contributed by atoms with E-state index in [9.17, 15) is 13.2 Å². The first-order valence-electron chi connectivity index (χ1n) is 7.62. The van der Waals surface area contributed by atoms with Gasteiger partial charge in [-0.3, -0.25) is 9.10 Å². The van der Waals surface area contributed by atoms with Gasteiger partial charge in [-0.15, -0.1) is 0 Å². The fourth-order valence-electron chi connectivity index (χ4n) is 2.67. The maximum absolute atomic E-state index is 12.5. The maximum Gasteiger partial charge on any atom is 0.326 e. The van der Waals surface area contributed by atoms with Crippen molar-refractivity contribution in [2.45, 2.75) is 19.8 Å². The maximum atomic E-state index is 12.5. The number of nitrogens with one attached hydrogen (secondary N) is 1. The van der Waals surface area contributed by atoms with Gasteiger partial charge >= 0.3 is 10.2 Å². The van der Waals surface area contributed by atoms with Crippen molar-refractivity contribution in [3.63, 3.8) is 0 Å². The van der Waals surface area contributed by atoms with E-state index in [2.05, 4.69) is 4.72 Å². The summed E-state index contributed by atoms with van der Waals surface area (Å²) < 4.78 is 33.6. The third-order valence-electron chi connectivity index (χ3n) is 3.75. The topological polar surface area (TPSA) is 79.6 Å². The molecule has 1 aliphatic heterocycles. The molecule has 2 aromatic rings. The Morgan fingerprint density at radius 1 is 1.25 bits per heavy atom. The number of hydrogen-bond donors (Lipinski definition) is 1. The highest BCUT2D eigenvalue weighted by molar-refractivity contribution is 7.91. The van der Waals surface area contributed by atoms with E-state index in [0.29, 0.717) is 30.2 Å². The lowest BCUT2D eigenvalue weighted by Gasteiger charge is -2.29. The van der Waals surface area contributed by atoms with Crippen molar-refractivity contribution >= 4 is 27.9 Å². The van der Waals surface area contributed by atoms with E-state index < -0.39 is 16.1 Å². The Bertz CT molecular complexity index is 884. The summed E-state index contributed by atoms with van der Waals surface area (Å²) in [6.45, 7) is 2.14. The molecule has 0 unspecified atom stereocenters. The number of rotatable bonds is 4. The fourth-order valence-corrected chi connectivity index (χ4v) is 3.90. The monoisotopic (exact) mass is 346 g/mol. The molecule has 0 bridgehead atoms. The second-order valence-electron chi connectivity index (χ2n) is 5.56. The zero-order chi connectivity index (χ0) is 17.2. The average Bonchev–Trinajstić information content (AvgIpc) is 2.97. The molecule has 0 atom stereocenters. The van der Waals surface area contributed by atoms with Crippen molar-refractivity contribution in [3.8, 4) is 0 Å². The zero-order valence-corrected chi connectivity index (χ0v) is 14.0. The minimum atomic E-state index is -3.94.